The minimum atomic E-state index is -0.858. The molecule has 0 saturated carbocycles. The van der Waals surface area contributed by atoms with Crippen molar-refractivity contribution in [3.63, 3.8) is 0 Å². The normalized spacial score (nSPS) is 14.0. The van der Waals surface area contributed by atoms with Gasteiger partial charge in [0.05, 0.1) is 0 Å². The molecule has 0 bridgehead atoms. The van der Waals surface area contributed by atoms with E-state index in [0.717, 1.165) is 60.9 Å². The van der Waals surface area contributed by atoms with Crippen LogP contribution >= 0.6 is 0 Å². The molecule has 0 atom stereocenters. The Labute approximate surface area is 337 Å². The fraction of sp³-hybridized carbons (Fsp3) is 0.0556. The lowest BCUT2D eigenvalue weighted by atomic mass is 9.70. The second-order valence-corrected chi connectivity index (χ2v) is 15.0. The van der Waals surface area contributed by atoms with E-state index < -0.39 is 10.8 Å². The topological polar surface area (TPSA) is 51.8 Å². The summed E-state index contributed by atoms with van der Waals surface area (Å²) in [4.78, 5) is 17.3. The zero-order valence-electron chi connectivity index (χ0n) is 30.8. The lowest BCUT2D eigenvalue weighted by Gasteiger charge is -2.35. The van der Waals surface area contributed by atoms with Gasteiger partial charge in [-0.05, 0) is 67.8 Å². The number of furan rings is 1. The van der Waals surface area contributed by atoms with Crippen LogP contribution in [0.3, 0.4) is 0 Å². The molecule has 0 radical (unpaired) electrons. The van der Waals surface area contributed by atoms with E-state index in [0.29, 0.717) is 17.5 Å². The van der Waals surface area contributed by atoms with Gasteiger partial charge in [0, 0.05) is 16.3 Å². The van der Waals surface area contributed by atoms with Crippen LogP contribution in [0.2, 0.25) is 0 Å². The number of hydrogen-bond acceptors (Lipinski definition) is 4. The highest BCUT2D eigenvalue weighted by Crippen LogP contribution is 2.58. The van der Waals surface area contributed by atoms with E-state index in [1.165, 1.54) is 22.3 Å². The van der Waals surface area contributed by atoms with E-state index in [9.17, 15) is 0 Å². The van der Waals surface area contributed by atoms with Gasteiger partial charge in [-0.1, -0.05) is 195 Å². The third-order valence-electron chi connectivity index (χ3n) is 12.3. The molecule has 2 aliphatic carbocycles. The van der Waals surface area contributed by atoms with Gasteiger partial charge in [-0.15, -0.1) is 0 Å². The summed E-state index contributed by atoms with van der Waals surface area (Å²) >= 11 is 0. The minimum Gasteiger partial charge on any atom is -0.456 e. The zero-order valence-corrected chi connectivity index (χ0v) is 30.8. The fourth-order valence-corrected chi connectivity index (χ4v) is 10.0. The van der Waals surface area contributed by atoms with Crippen molar-refractivity contribution in [3.8, 4) is 33.6 Å². The second-order valence-electron chi connectivity index (χ2n) is 15.0. The summed E-state index contributed by atoms with van der Waals surface area (Å²) in [5.41, 5.74) is 12.3. The van der Waals surface area contributed by atoms with Crippen molar-refractivity contribution in [1.82, 2.24) is 15.0 Å². The number of aromatic nitrogens is 3. The summed E-state index contributed by atoms with van der Waals surface area (Å²) in [7, 11) is 0. The lowest BCUT2D eigenvalue weighted by molar-refractivity contribution is 0.631. The number of para-hydroxylation sites is 1. The molecule has 0 N–H and O–H groups in total. The first-order chi connectivity index (χ1) is 28.3. The molecule has 8 aromatic carbocycles. The van der Waals surface area contributed by atoms with E-state index in [2.05, 4.69) is 176 Å². The Hall–Kier alpha value is -7.43. The molecular formula is C54H37N3O. The molecule has 0 fully saturated rings. The van der Waals surface area contributed by atoms with Crippen molar-refractivity contribution >= 4 is 21.9 Å². The quantitative estimate of drug-likeness (QED) is 0.176. The van der Waals surface area contributed by atoms with E-state index >= 15 is 0 Å². The summed E-state index contributed by atoms with van der Waals surface area (Å²) < 4.78 is 6.47. The maximum Gasteiger partial charge on any atom is 0.164 e. The Morgan fingerprint density at radius 1 is 0.328 bits per heavy atom. The predicted octanol–water partition coefficient (Wildman–Crippen LogP) is 12.8. The highest BCUT2D eigenvalue weighted by Gasteiger charge is 2.52. The smallest absolute Gasteiger partial charge is 0.164 e. The van der Waals surface area contributed by atoms with Crippen molar-refractivity contribution < 1.29 is 4.42 Å². The molecule has 10 aromatic rings. The van der Waals surface area contributed by atoms with E-state index in [1.807, 2.05) is 24.3 Å². The van der Waals surface area contributed by atoms with Crippen LogP contribution in [0.1, 0.15) is 52.5 Å². The molecule has 0 amide bonds. The first-order valence-corrected chi connectivity index (χ1v) is 19.5. The molecule has 0 spiro atoms. The minimum absolute atomic E-state index is 0. The number of rotatable bonds is 5. The Morgan fingerprint density at radius 3 is 1.19 bits per heavy atom. The third-order valence-corrected chi connectivity index (χ3v) is 12.3. The Morgan fingerprint density at radius 2 is 0.707 bits per heavy atom. The average Bonchev–Trinajstić information content (AvgIpc) is 3.92. The van der Waals surface area contributed by atoms with Crippen LogP contribution in [0.25, 0.3) is 55.6 Å². The van der Waals surface area contributed by atoms with Gasteiger partial charge in [0.1, 0.15) is 22.0 Å². The van der Waals surface area contributed by atoms with Gasteiger partial charge < -0.3 is 4.42 Å². The number of nitrogens with zero attached hydrogens (tertiary/aromatic N) is 3. The molecule has 0 unspecified atom stereocenters. The van der Waals surface area contributed by atoms with E-state index in [1.54, 1.807) is 0 Å². The molecule has 58 heavy (non-hydrogen) atoms. The molecule has 2 aromatic heterocycles. The van der Waals surface area contributed by atoms with Crippen LogP contribution < -0.4 is 0 Å². The summed E-state index contributed by atoms with van der Waals surface area (Å²) in [6.07, 6.45) is 0. The molecule has 0 saturated heterocycles. The molecule has 0 aliphatic heterocycles. The van der Waals surface area contributed by atoms with Gasteiger partial charge in [-0.2, -0.15) is 0 Å². The van der Waals surface area contributed by atoms with E-state index in [-0.39, 0.29) is 7.43 Å². The summed E-state index contributed by atoms with van der Waals surface area (Å²) in [5.74, 6) is 1.95. The summed E-state index contributed by atoms with van der Waals surface area (Å²) in [6.45, 7) is 0. The van der Waals surface area contributed by atoms with Crippen LogP contribution in [-0.2, 0) is 10.8 Å². The van der Waals surface area contributed by atoms with Gasteiger partial charge in [0.2, 0.25) is 0 Å². The first kappa shape index (κ1) is 33.9. The van der Waals surface area contributed by atoms with Crippen LogP contribution in [0.15, 0.2) is 205 Å². The van der Waals surface area contributed by atoms with Crippen LogP contribution in [0.4, 0.5) is 0 Å². The Balaban J connectivity index is 0.00000385. The van der Waals surface area contributed by atoms with Crippen LogP contribution in [0, 0.1) is 0 Å². The van der Waals surface area contributed by atoms with E-state index in [4.69, 9.17) is 19.4 Å². The highest BCUT2D eigenvalue weighted by atomic mass is 16.3. The van der Waals surface area contributed by atoms with Crippen molar-refractivity contribution in [2.75, 3.05) is 0 Å². The molecule has 4 heteroatoms. The number of fused-ring (bicyclic) bond motifs is 9. The summed E-state index contributed by atoms with van der Waals surface area (Å²) in [6, 6.07) is 71.0. The largest absolute Gasteiger partial charge is 0.456 e. The van der Waals surface area contributed by atoms with Gasteiger partial charge in [-0.3, -0.25) is 0 Å². The maximum atomic E-state index is 6.47. The monoisotopic (exact) mass is 743 g/mol. The van der Waals surface area contributed by atoms with Crippen LogP contribution in [0.5, 0.6) is 0 Å². The highest BCUT2D eigenvalue weighted by molar-refractivity contribution is 6.11. The standard InChI is InChI=1S/C53H33N3O.CH4/c1-3-18-34(19-4-1)52(42-28-12-7-22-36(42)37-23-8-13-29-43(37)52)50-54-49(41-27-17-33-47-48(41)40-26-11-16-32-46(40)57-47)55-51(56-50)53(35-20-5-2-6-21-35)44-30-14-9-24-38(44)39-25-10-15-31-45(39)53;/h1-33H;1H4. The summed E-state index contributed by atoms with van der Waals surface area (Å²) in [5, 5.41) is 2.01. The average molecular weight is 744 g/mol. The van der Waals surface area contributed by atoms with Crippen molar-refractivity contribution in [2.24, 2.45) is 0 Å². The van der Waals surface area contributed by atoms with Gasteiger partial charge in [-0.25, -0.2) is 15.0 Å². The molecule has 2 aliphatic rings. The third kappa shape index (κ3) is 4.43. The molecule has 12 rings (SSSR count). The molecule has 4 nitrogen and oxygen atoms in total. The molecule has 2 heterocycles. The number of benzene rings is 8. The van der Waals surface area contributed by atoms with Gasteiger partial charge in [0.25, 0.3) is 0 Å². The first-order valence-electron chi connectivity index (χ1n) is 19.5. The second kappa shape index (κ2) is 12.8. The van der Waals surface area contributed by atoms with Crippen molar-refractivity contribution in [3.05, 3.63) is 245 Å². The van der Waals surface area contributed by atoms with Crippen LogP contribution in [-0.4, -0.2) is 15.0 Å². The SMILES string of the molecule is C.c1ccc(C2(c3nc(-c4cccc5oc6ccccc6c45)nc(C4(c5ccccc5)c5ccccc5-c5ccccc54)n3)c3ccccc3-c3ccccc32)cc1. The fourth-order valence-electron chi connectivity index (χ4n) is 10.0. The van der Waals surface area contributed by atoms with Crippen molar-refractivity contribution in [1.29, 1.82) is 0 Å². The zero-order chi connectivity index (χ0) is 37.6. The lowest BCUT2D eigenvalue weighted by Crippen LogP contribution is -2.36. The molecular weight excluding hydrogens is 707 g/mol. The Kier molecular flexibility index (Phi) is 7.48. The predicted molar refractivity (Wildman–Crippen MR) is 234 cm³/mol. The maximum absolute atomic E-state index is 6.47. The van der Waals surface area contributed by atoms with Gasteiger partial charge in [0.15, 0.2) is 17.5 Å². The molecule has 274 valence electrons. The Bertz CT molecular complexity index is 2950. The van der Waals surface area contributed by atoms with Crippen molar-refractivity contribution in [2.45, 2.75) is 18.3 Å². The number of hydrogen-bond donors (Lipinski definition) is 0. The van der Waals surface area contributed by atoms with Gasteiger partial charge >= 0.3 is 0 Å².